The van der Waals surface area contributed by atoms with Gasteiger partial charge >= 0.3 is 0 Å². The summed E-state index contributed by atoms with van der Waals surface area (Å²) in [4.78, 5) is 16.4. The van der Waals surface area contributed by atoms with Crippen molar-refractivity contribution in [3.63, 3.8) is 0 Å². The van der Waals surface area contributed by atoms with Gasteiger partial charge in [0.15, 0.2) is 0 Å². The Balaban J connectivity index is 1.96. The lowest BCUT2D eigenvalue weighted by Gasteiger charge is -2.30. The number of aryl methyl sites for hydroxylation is 1. The molecule has 1 atom stereocenters. The number of pyridine rings is 1. The first kappa shape index (κ1) is 30.7. The third-order valence-corrected chi connectivity index (χ3v) is 9.47. The smallest absolute Gasteiger partial charge is 0.283 e. The number of benzene rings is 2. The Morgan fingerprint density at radius 3 is 2.54 bits per heavy atom. The van der Waals surface area contributed by atoms with Crippen LogP contribution in [-0.4, -0.2) is 49.0 Å². The van der Waals surface area contributed by atoms with Crippen molar-refractivity contribution in [3.8, 4) is 11.1 Å². The predicted octanol–water partition coefficient (Wildman–Crippen LogP) is 4.77. The molecule has 0 fully saturated rings. The Labute approximate surface area is 235 Å². The summed E-state index contributed by atoms with van der Waals surface area (Å²) in [6.07, 6.45) is 4.30. The molecular formula is C27H32ClN3O6S2. The van der Waals surface area contributed by atoms with Crippen molar-refractivity contribution in [2.45, 2.75) is 51.0 Å². The van der Waals surface area contributed by atoms with Crippen LogP contribution in [0, 0.1) is 6.92 Å². The van der Waals surface area contributed by atoms with Crippen molar-refractivity contribution in [2.75, 3.05) is 12.4 Å². The summed E-state index contributed by atoms with van der Waals surface area (Å²) in [5, 5.41) is 2.43. The molecule has 1 heterocycles. The van der Waals surface area contributed by atoms with E-state index in [4.69, 9.17) is 16.2 Å². The van der Waals surface area contributed by atoms with E-state index in [9.17, 15) is 21.6 Å². The molecule has 0 aliphatic heterocycles. The van der Waals surface area contributed by atoms with Crippen molar-refractivity contribution >= 4 is 37.6 Å². The van der Waals surface area contributed by atoms with Crippen LogP contribution in [0.25, 0.3) is 11.1 Å². The van der Waals surface area contributed by atoms with Gasteiger partial charge in [-0.05, 0) is 78.8 Å². The Bertz CT molecular complexity index is 1540. The molecule has 0 saturated heterocycles. The molecule has 2 aromatic carbocycles. The number of rotatable bonds is 12. The minimum atomic E-state index is -4.36. The van der Waals surface area contributed by atoms with Gasteiger partial charge in [-0.15, -0.1) is 0 Å². The molecule has 0 spiro atoms. The average molecular weight is 594 g/mol. The van der Waals surface area contributed by atoms with E-state index in [-0.39, 0.29) is 24.3 Å². The van der Waals surface area contributed by atoms with E-state index < -0.39 is 38.0 Å². The first-order chi connectivity index (χ1) is 18.3. The molecule has 1 aromatic heterocycles. The first-order valence-electron chi connectivity index (χ1n) is 12.4. The van der Waals surface area contributed by atoms with E-state index in [1.165, 1.54) is 10.4 Å². The fourth-order valence-electron chi connectivity index (χ4n) is 4.29. The molecule has 0 aliphatic rings. The predicted molar refractivity (Wildman–Crippen MR) is 151 cm³/mol. The number of carbonyl (C=O) groups excluding carboxylic acids is 1. The minimum absolute atomic E-state index is 0.0194. The van der Waals surface area contributed by atoms with E-state index in [0.717, 1.165) is 28.7 Å². The monoisotopic (exact) mass is 593 g/mol. The number of aromatic nitrogens is 1. The number of hydrogen-bond acceptors (Lipinski definition) is 6. The second kappa shape index (κ2) is 13.0. The van der Waals surface area contributed by atoms with Crippen LogP contribution in [-0.2, 0) is 31.4 Å². The second-order valence-corrected chi connectivity index (χ2v) is 12.8. The van der Waals surface area contributed by atoms with Crippen molar-refractivity contribution in [3.05, 3.63) is 82.6 Å². The van der Waals surface area contributed by atoms with Crippen LogP contribution in [0.1, 0.15) is 49.4 Å². The lowest BCUT2D eigenvalue weighted by atomic mass is 9.97. The van der Waals surface area contributed by atoms with E-state index in [1.54, 1.807) is 32.2 Å². The quantitative estimate of drug-likeness (QED) is 0.289. The second-order valence-electron chi connectivity index (χ2n) is 9.10. The molecule has 9 nitrogen and oxygen atoms in total. The summed E-state index contributed by atoms with van der Waals surface area (Å²) in [6.45, 7) is 5.44. The summed E-state index contributed by atoms with van der Waals surface area (Å²) in [5.41, 5.74) is 4.18. The van der Waals surface area contributed by atoms with Gasteiger partial charge < -0.3 is 5.32 Å². The molecule has 3 rings (SSSR count). The summed E-state index contributed by atoms with van der Waals surface area (Å²) in [7, 11) is -8.42. The van der Waals surface area contributed by atoms with Gasteiger partial charge in [0.1, 0.15) is 5.88 Å². The maximum Gasteiger partial charge on any atom is 0.283 e. The zero-order valence-electron chi connectivity index (χ0n) is 22.0. The molecule has 210 valence electrons. The Morgan fingerprint density at radius 1 is 1.13 bits per heavy atom. The highest BCUT2D eigenvalue weighted by Crippen LogP contribution is 2.33. The highest BCUT2D eigenvalue weighted by Gasteiger charge is 2.31. The van der Waals surface area contributed by atoms with Crippen molar-refractivity contribution in [2.24, 2.45) is 0 Å². The molecule has 39 heavy (non-hydrogen) atoms. The topological polar surface area (TPSA) is 134 Å². The molecule has 0 saturated carbocycles. The van der Waals surface area contributed by atoms with Gasteiger partial charge in [0, 0.05) is 36.4 Å². The van der Waals surface area contributed by atoms with Gasteiger partial charge in [0.05, 0.1) is 4.90 Å². The molecule has 0 aliphatic carbocycles. The zero-order chi connectivity index (χ0) is 28.8. The molecule has 0 radical (unpaired) electrons. The fraction of sp³-hybridized carbons (Fsp3) is 0.333. The van der Waals surface area contributed by atoms with Crippen LogP contribution in [0.15, 0.2) is 65.8 Å². The summed E-state index contributed by atoms with van der Waals surface area (Å²) in [6, 6.07) is 13.6. The third-order valence-electron chi connectivity index (χ3n) is 6.44. The van der Waals surface area contributed by atoms with Crippen LogP contribution in [0.3, 0.4) is 0 Å². The van der Waals surface area contributed by atoms with Gasteiger partial charge in [-0.2, -0.15) is 12.7 Å². The number of nitrogens with one attached hydrogen (secondary N) is 1. The largest absolute Gasteiger partial charge is 0.340 e. The Hall–Kier alpha value is -2.83. The molecule has 3 aromatic rings. The van der Waals surface area contributed by atoms with E-state index in [1.807, 2.05) is 43.5 Å². The molecule has 1 amide bonds. The lowest BCUT2D eigenvalue weighted by molar-refractivity contribution is -0.120. The number of amides is 1. The maximum atomic E-state index is 14.0. The number of sulfonamides is 1. The molecule has 0 unspecified atom stereocenters. The molecule has 2 N–H and O–H groups in total. The fourth-order valence-corrected chi connectivity index (χ4v) is 6.78. The summed E-state index contributed by atoms with van der Waals surface area (Å²) in [5.74, 6) is -1.53. The van der Waals surface area contributed by atoms with E-state index in [2.05, 4.69) is 10.3 Å². The molecular weight excluding hydrogens is 562 g/mol. The Kier molecular flexibility index (Phi) is 10.2. The average Bonchev–Trinajstić information content (AvgIpc) is 2.90. The van der Waals surface area contributed by atoms with Gasteiger partial charge in [-0.25, -0.2) is 8.42 Å². The maximum absolute atomic E-state index is 14.0. The van der Waals surface area contributed by atoms with Crippen LogP contribution in [0.4, 0.5) is 0 Å². The zero-order valence-corrected chi connectivity index (χ0v) is 24.4. The van der Waals surface area contributed by atoms with E-state index >= 15 is 0 Å². The molecule has 0 bridgehead atoms. The van der Waals surface area contributed by atoms with Crippen molar-refractivity contribution < 1.29 is 26.2 Å². The Morgan fingerprint density at radius 2 is 1.85 bits per heavy atom. The van der Waals surface area contributed by atoms with E-state index in [0.29, 0.717) is 10.6 Å². The highest BCUT2D eigenvalue weighted by molar-refractivity contribution is 7.89. The minimum Gasteiger partial charge on any atom is -0.340 e. The third kappa shape index (κ3) is 7.86. The van der Waals surface area contributed by atoms with Gasteiger partial charge in [-0.3, -0.25) is 14.3 Å². The SMILES string of the molecule is CCc1cnccc1-c1cccc([C@H](C)N(CCCC(=O)NCS(=O)(=O)O)S(=O)(=O)c2cccc(Cl)c2C)c1. The van der Waals surface area contributed by atoms with Gasteiger partial charge in [-0.1, -0.05) is 42.8 Å². The van der Waals surface area contributed by atoms with Crippen LogP contribution in [0.2, 0.25) is 5.02 Å². The summed E-state index contributed by atoms with van der Waals surface area (Å²) < 4.78 is 59.9. The number of carbonyl (C=O) groups is 1. The number of hydrogen-bond donors (Lipinski definition) is 2. The van der Waals surface area contributed by atoms with Gasteiger partial charge in [0.2, 0.25) is 15.9 Å². The van der Waals surface area contributed by atoms with Crippen LogP contribution < -0.4 is 5.32 Å². The number of halogens is 1. The van der Waals surface area contributed by atoms with Crippen LogP contribution >= 0.6 is 11.6 Å². The summed E-state index contributed by atoms with van der Waals surface area (Å²) >= 11 is 6.25. The lowest BCUT2D eigenvalue weighted by Crippen LogP contribution is -2.36. The standard InChI is InChI=1S/C27H32ClN3O6S2/c1-4-21-17-29-14-13-24(21)23-9-5-8-22(16-23)20(3)31(15-7-12-27(32)30-18-38(33,34)35)39(36,37)26-11-6-10-25(28)19(26)2/h5-6,8-11,13-14,16-17,20H,4,7,12,15,18H2,1-3H3,(H,30,32)(H,33,34,35)/t20-/m0/s1. The van der Waals surface area contributed by atoms with Crippen molar-refractivity contribution in [1.82, 2.24) is 14.6 Å². The van der Waals surface area contributed by atoms with Crippen molar-refractivity contribution in [1.29, 1.82) is 0 Å². The van der Waals surface area contributed by atoms with Gasteiger partial charge in [0.25, 0.3) is 10.1 Å². The van der Waals surface area contributed by atoms with Crippen LogP contribution in [0.5, 0.6) is 0 Å². The normalized spacial score (nSPS) is 12.9. The highest BCUT2D eigenvalue weighted by atomic mass is 35.5. The first-order valence-corrected chi connectivity index (χ1v) is 15.8. The number of nitrogens with zero attached hydrogens (tertiary/aromatic N) is 2. The molecule has 12 heteroatoms.